The minimum absolute atomic E-state index is 0.182. The number of rotatable bonds is 3. The van der Waals surface area contributed by atoms with Crippen LogP contribution in [0, 0.1) is 5.92 Å². The molecule has 1 aromatic rings. The standard InChI is InChI=1S/C11H15NS/c12-10(7-8-5-6-8)9-3-1-2-4-11(9)13/h1-4,8,10,13H,5-7,12H2/t10-/m0/s1. The molecule has 2 heteroatoms. The minimum Gasteiger partial charge on any atom is -0.324 e. The quantitative estimate of drug-likeness (QED) is 0.709. The summed E-state index contributed by atoms with van der Waals surface area (Å²) in [6, 6.07) is 8.29. The molecule has 0 heterocycles. The second kappa shape index (κ2) is 3.72. The Hall–Kier alpha value is -0.470. The van der Waals surface area contributed by atoms with Crippen molar-refractivity contribution >= 4 is 12.6 Å². The van der Waals surface area contributed by atoms with Gasteiger partial charge in [-0.3, -0.25) is 0 Å². The van der Waals surface area contributed by atoms with Crippen LogP contribution in [0.25, 0.3) is 0 Å². The Morgan fingerprint density at radius 1 is 1.38 bits per heavy atom. The van der Waals surface area contributed by atoms with Gasteiger partial charge in [0.1, 0.15) is 0 Å². The Labute approximate surface area is 84.7 Å². The lowest BCUT2D eigenvalue weighted by Gasteiger charge is -2.13. The maximum Gasteiger partial charge on any atom is 0.0308 e. The van der Waals surface area contributed by atoms with Crippen molar-refractivity contribution in [1.29, 1.82) is 0 Å². The van der Waals surface area contributed by atoms with Crippen LogP contribution in [0.2, 0.25) is 0 Å². The molecule has 0 unspecified atom stereocenters. The van der Waals surface area contributed by atoms with Gasteiger partial charge >= 0.3 is 0 Å². The van der Waals surface area contributed by atoms with Crippen molar-refractivity contribution in [2.24, 2.45) is 11.7 Å². The monoisotopic (exact) mass is 193 g/mol. The molecule has 1 aliphatic carbocycles. The molecule has 13 heavy (non-hydrogen) atoms. The lowest BCUT2D eigenvalue weighted by Crippen LogP contribution is -2.11. The van der Waals surface area contributed by atoms with Crippen molar-refractivity contribution < 1.29 is 0 Å². The largest absolute Gasteiger partial charge is 0.324 e. The Bertz CT molecular complexity index is 294. The van der Waals surface area contributed by atoms with Crippen LogP contribution in [-0.4, -0.2) is 0 Å². The van der Waals surface area contributed by atoms with Crippen LogP contribution in [0.15, 0.2) is 29.2 Å². The van der Waals surface area contributed by atoms with Crippen molar-refractivity contribution in [1.82, 2.24) is 0 Å². The molecule has 70 valence electrons. The van der Waals surface area contributed by atoms with Crippen LogP contribution >= 0.6 is 12.6 Å². The van der Waals surface area contributed by atoms with Crippen molar-refractivity contribution in [2.45, 2.75) is 30.2 Å². The highest BCUT2D eigenvalue weighted by Crippen LogP contribution is 2.37. The van der Waals surface area contributed by atoms with Crippen molar-refractivity contribution in [3.63, 3.8) is 0 Å². The molecule has 1 saturated carbocycles. The first-order valence-corrected chi connectivity index (χ1v) is 5.25. The number of hydrogen-bond donors (Lipinski definition) is 2. The Morgan fingerprint density at radius 2 is 2.08 bits per heavy atom. The second-order valence-electron chi connectivity index (χ2n) is 3.84. The summed E-state index contributed by atoms with van der Waals surface area (Å²) in [5.41, 5.74) is 7.28. The second-order valence-corrected chi connectivity index (χ2v) is 4.33. The molecule has 1 nitrogen and oxygen atoms in total. The van der Waals surface area contributed by atoms with Gasteiger partial charge in [-0.2, -0.15) is 0 Å². The SMILES string of the molecule is N[C@@H](CC1CC1)c1ccccc1S. The van der Waals surface area contributed by atoms with Gasteiger partial charge in [0, 0.05) is 10.9 Å². The first kappa shape index (κ1) is 9.10. The zero-order chi connectivity index (χ0) is 9.26. The van der Waals surface area contributed by atoms with E-state index >= 15 is 0 Å². The van der Waals surface area contributed by atoms with E-state index in [4.69, 9.17) is 5.73 Å². The van der Waals surface area contributed by atoms with Crippen molar-refractivity contribution in [3.8, 4) is 0 Å². The maximum absolute atomic E-state index is 6.09. The topological polar surface area (TPSA) is 26.0 Å². The van der Waals surface area contributed by atoms with Crippen LogP contribution in [0.3, 0.4) is 0 Å². The molecule has 0 aliphatic heterocycles. The third-order valence-electron chi connectivity index (χ3n) is 2.62. The lowest BCUT2D eigenvalue weighted by molar-refractivity contribution is 0.589. The third kappa shape index (κ3) is 2.26. The summed E-state index contributed by atoms with van der Waals surface area (Å²) in [5.74, 6) is 0.878. The van der Waals surface area contributed by atoms with E-state index in [0.29, 0.717) is 0 Å². The average molecular weight is 193 g/mol. The van der Waals surface area contributed by atoms with Gasteiger partial charge in [0.05, 0.1) is 0 Å². The first-order chi connectivity index (χ1) is 6.27. The van der Waals surface area contributed by atoms with E-state index in [1.165, 1.54) is 18.4 Å². The molecule has 1 atom stereocenters. The van der Waals surface area contributed by atoms with E-state index < -0.39 is 0 Å². The molecule has 1 aromatic carbocycles. The minimum atomic E-state index is 0.182. The summed E-state index contributed by atoms with van der Waals surface area (Å²) < 4.78 is 0. The van der Waals surface area contributed by atoms with Crippen LogP contribution in [0.4, 0.5) is 0 Å². The van der Waals surface area contributed by atoms with Gasteiger partial charge in [-0.15, -0.1) is 12.6 Å². The summed E-state index contributed by atoms with van der Waals surface area (Å²) in [6.45, 7) is 0. The molecule has 0 aromatic heterocycles. The first-order valence-electron chi connectivity index (χ1n) is 4.81. The molecular weight excluding hydrogens is 178 g/mol. The number of benzene rings is 1. The summed E-state index contributed by atoms with van der Waals surface area (Å²) >= 11 is 4.40. The molecule has 2 rings (SSSR count). The molecule has 0 amide bonds. The Balaban J connectivity index is 2.09. The van der Waals surface area contributed by atoms with E-state index in [1.54, 1.807) is 0 Å². The van der Waals surface area contributed by atoms with Crippen LogP contribution < -0.4 is 5.73 Å². The molecule has 2 N–H and O–H groups in total. The average Bonchev–Trinajstić information content (AvgIpc) is 2.89. The van der Waals surface area contributed by atoms with Gasteiger partial charge < -0.3 is 5.73 Å². The summed E-state index contributed by atoms with van der Waals surface area (Å²) in [5, 5.41) is 0. The lowest BCUT2D eigenvalue weighted by atomic mass is 10.0. The van der Waals surface area contributed by atoms with E-state index in [0.717, 1.165) is 17.2 Å². The maximum atomic E-state index is 6.09. The summed E-state index contributed by atoms with van der Waals surface area (Å²) in [6.07, 6.45) is 3.85. The van der Waals surface area contributed by atoms with Crippen LogP contribution in [0.1, 0.15) is 30.9 Å². The normalized spacial score (nSPS) is 18.6. The highest BCUT2D eigenvalue weighted by atomic mass is 32.1. The van der Waals surface area contributed by atoms with Crippen molar-refractivity contribution in [2.75, 3.05) is 0 Å². The van der Waals surface area contributed by atoms with E-state index in [2.05, 4.69) is 18.7 Å². The fourth-order valence-electron chi connectivity index (χ4n) is 1.64. The highest BCUT2D eigenvalue weighted by molar-refractivity contribution is 7.80. The van der Waals surface area contributed by atoms with Gasteiger partial charge in [0.2, 0.25) is 0 Å². The number of nitrogens with two attached hydrogens (primary N) is 1. The van der Waals surface area contributed by atoms with Crippen LogP contribution in [-0.2, 0) is 0 Å². The molecule has 0 spiro atoms. The van der Waals surface area contributed by atoms with E-state index in [1.807, 2.05) is 18.2 Å². The van der Waals surface area contributed by atoms with Crippen LogP contribution in [0.5, 0.6) is 0 Å². The molecule has 1 fully saturated rings. The Kier molecular flexibility index (Phi) is 2.61. The van der Waals surface area contributed by atoms with E-state index in [9.17, 15) is 0 Å². The highest BCUT2D eigenvalue weighted by Gasteiger charge is 2.24. The fourth-order valence-corrected chi connectivity index (χ4v) is 1.97. The molecule has 0 radical (unpaired) electrons. The molecule has 1 aliphatic rings. The van der Waals surface area contributed by atoms with E-state index in [-0.39, 0.29) is 6.04 Å². The predicted molar refractivity (Wildman–Crippen MR) is 58.0 cm³/mol. The van der Waals surface area contributed by atoms with Gasteiger partial charge in [0.25, 0.3) is 0 Å². The third-order valence-corrected chi connectivity index (χ3v) is 3.03. The van der Waals surface area contributed by atoms with Gasteiger partial charge in [-0.1, -0.05) is 31.0 Å². The van der Waals surface area contributed by atoms with Gasteiger partial charge in [0.15, 0.2) is 0 Å². The number of thiol groups is 1. The smallest absolute Gasteiger partial charge is 0.0308 e. The zero-order valence-corrected chi connectivity index (χ0v) is 8.50. The van der Waals surface area contributed by atoms with Gasteiger partial charge in [-0.25, -0.2) is 0 Å². The molecule has 0 bridgehead atoms. The molecular formula is C11H15NS. The summed E-state index contributed by atoms with van der Waals surface area (Å²) in [7, 11) is 0. The number of hydrogen-bond acceptors (Lipinski definition) is 2. The Morgan fingerprint density at radius 3 is 2.69 bits per heavy atom. The fraction of sp³-hybridized carbons (Fsp3) is 0.455. The predicted octanol–water partition coefficient (Wildman–Crippen LogP) is 2.78. The van der Waals surface area contributed by atoms with Gasteiger partial charge in [-0.05, 0) is 24.0 Å². The molecule has 0 saturated heterocycles. The van der Waals surface area contributed by atoms with Crippen molar-refractivity contribution in [3.05, 3.63) is 29.8 Å². The summed E-state index contributed by atoms with van der Waals surface area (Å²) in [4.78, 5) is 1.02. The zero-order valence-electron chi connectivity index (χ0n) is 7.61.